The highest BCUT2D eigenvalue weighted by Crippen LogP contribution is 2.17. The summed E-state index contributed by atoms with van der Waals surface area (Å²) in [5.74, 6) is 0. The molecule has 0 bridgehead atoms. The fourth-order valence-electron chi connectivity index (χ4n) is 1.13. The van der Waals surface area contributed by atoms with Crippen molar-refractivity contribution in [2.24, 2.45) is 0 Å². The van der Waals surface area contributed by atoms with Crippen LogP contribution in [0, 0.1) is 0 Å². The van der Waals surface area contributed by atoms with Crippen LogP contribution in [0.3, 0.4) is 0 Å². The van der Waals surface area contributed by atoms with Gasteiger partial charge in [-0.2, -0.15) is 0 Å². The van der Waals surface area contributed by atoms with Crippen LogP contribution in [0.1, 0.15) is 0 Å². The summed E-state index contributed by atoms with van der Waals surface area (Å²) in [7, 11) is 0. The van der Waals surface area contributed by atoms with Crippen LogP contribution in [-0.4, -0.2) is 10.0 Å². The van der Waals surface area contributed by atoms with Crippen LogP contribution in [0.2, 0.25) is 0 Å². The van der Waals surface area contributed by atoms with Crippen molar-refractivity contribution in [3.8, 4) is 0 Å². The number of aromatic nitrogens is 2. The zero-order valence-corrected chi connectivity index (χ0v) is 7.95. The standard InChI is InChI=1S/C8H4BrFN2O/c9-7-5-3-1-2-4-6(5)8(13)12(10)11-7/h1-4H. The Labute approximate surface area is 80.9 Å². The van der Waals surface area contributed by atoms with Gasteiger partial charge in [-0.1, -0.05) is 27.6 Å². The second kappa shape index (κ2) is 2.92. The Bertz CT molecular complexity index is 523. The molecular formula is C8H4BrFN2O. The molecule has 3 nitrogen and oxygen atoms in total. The van der Waals surface area contributed by atoms with Crippen LogP contribution >= 0.6 is 15.9 Å². The van der Waals surface area contributed by atoms with E-state index in [1.165, 1.54) is 0 Å². The lowest BCUT2D eigenvalue weighted by atomic mass is 10.2. The minimum Gasteiger partial charge on any atom is -0.264 e. The molecule has 0 saturated carbocycles. The summed E-state index contributed by atoms with van der Waals surface area (Å²) in [6.45, 7) is 0. The van der Waals surface area contributed by atoms with Crippen LogP contribution in [0.4, 0.5) is 4.48 Å². The second-order valence-corrected chi connectivity index (χ2v) is 3.25. The van der Waals surface area contributed by atoms with Crippen LogP contribution in [0.15, 0.2) is 33.7 Å². The van der Waals surface area contributed by atoms with Crippen molar-refractivity contribution in [3.63, 3.8) is 0 Å². The van der Waals surface area contributed by atoms with E-state index in [4.69, 9.17) is 0 Å². The highest BCUT2D eigenvalue weighted by atomic mass is 79.9. The molecule has 0 fully saturated rings. The normalized spacial score (nSPS) is 10.6. The fourth-order valence-corrected chi connectivity index (χ4v) is 1.61. The highest BCUT2D eigenvalue weighted by molar-refractivity contribution is 9.10. The molecule has 0 N–H and O–H groups in total. The SMILES string of the molecule is O=c1c2ccccc2c(Br)nn1F. The third kappa shape index (κ3) is 1.25. The van der Waals surface area contributed by atoms with Gasteiger partial charge < -0.3 is 0 Å². The van der Waals surface area contributed by atoms with Crippen molar-refractivity contribution in [1.82, 2.24) is 10.0 Å². The van der Waals surface area contributed by atoms with Crippen molar-refractivity contribution < 1.29 is 4.48 Å². The van der Waals surface area contributed by atoms with Gasteiger partial charge in [0.25, 0.3) is 0 Å². The first-order valence-corrected chi connectivity index (χ1v) is 4.33. The molecule has 66 valence electrons. The van der Waals surface area contributed by atoms with Crippen LogP contribution in [-0.2, 0) is 0 Å². The Morgan fingerprint density at radius 1 is 1.31 bits per heavy atom. The summed E-state index contributed by atoms with van der Waals surface area (Å²) in [5, 5.41) is 4.28. The third-order valence-corrected chi connectivity index (χ3v) is 2.31. The van der Waals surface area contributed by atoms with Crippen LogP contribution in [0.25, 0.3) is 10.8 Å². The van der Waals surface area contributed by atoms with E-state index in [0.29, 0.717) is 15.4 Å². The van der Waals surface area contributed by atoms with Gasteiger partial charge in [0.15, 0.2) is 0 Å². The van der Waals surface area contributed by atoms with Gasteiger partial charge >= 0.3 is 5.56 Å². The zero-order chi connectivity index (χ0) is 9.42. The van der Waals surface area contributed by atoms with Gasteiger partial charge in [0, 0.05) is 5.39 Å². The van der Waals surface area contributed by atoms with Crippen molar-refractivity contribution >= 4 is 26.7 Å². The molecule has 0 aliphatic rings. The molecule has 0 spiro atoms. The predicted molar refractivity (Wildman–Crippen MR) is 50.2 cm³/mol. The monoisotopic (exact) mass is 242 g/mol. The maximum Gasteiger partial charge on any atom is 0.305 e. The first kappa shape index (κ1) is 8.37. The molecule has 0 amide bonds. The number of benzene rings is 1. The molecule has 0 atom stereocenters. The molecule has 1 aromatic heterocycles. The predicted octanol–water partition coefficient (Wildman–Crippen LogP) is 1.89. The minimum atomic E-state index is -0.737. The second-order valence-electron chi connectivity index (χ2n) is 2.50. The van der Waals surface area contributed by atoms with Gasteiger partial charge in [-0.05, 0) is 22.0 Å². The van der Waals surface area contributed by atoms with E-state index in [0.717, 1.165) is 0 Å². The van der Waals surface area contributed by atoms with Crippen LogP contribution < -0.4 is 5.56 Å². The lowest BCUT2D eigenvalue weighted by Gasteiger charge is -1.98. The molecule has 0 unspecified atom stereocenters. The molecule has 13 heavy (non-hydrogen) atoms. The van der Waals surface area contributed by atoms with E-state index < -0.39 is 5.56 Å². The quantitative estimate of drug-likeness (QED) is 0.708. The number of rotatable bonds is 0. The molecule has 0 radical (unpaired) electrons. The molecule has 0 saturated heterocycles. The molecule has 5 heteroatoms. The lowest BCUT2D eigenvalue weighted by Crippen LogP contribution is -2.16. The highest BCUT2D eigenvalue weighted by Gasteiger charge is 2.06. The Kier molecular flexibility index (Phi) is 1.88. The first-order chi connectivity index (χ1) is 6.20. The van der Waals surface area contributed by atoms with Gasteiger partial charge in [-0.25, -0.2) is 0 Å². The maximum atomic E-state index is 12.8. The molecule has 2 aromatic rings. The Balaban J connectivity index is 3.06. The van der Waals surface area contributed by atoms with Gasteiger partial charge in [0.05, 0.1) is 5.39 Å². The van der Waals surface area contributed by atoms with Crippen LogP contribution in [0.5, 0.6) is 0 Å². The average molecular weight is 243 g/mol. The Hall–Kier alpha value is -1.23. The molecule has 1 heterocycles. The average Bonchev–Trinajstić information content (AvgIpc) is 2.15. The first-order valence-electron chi connectivity index (χ1n) is 3.54. The number of fused-ring (bicyclic) bond motifs is 1. The van der Waals surface area contributed by atoms with Crippen molar-refractivity contribution in [2.45, 2.75) is 0 Å². The number of hydrogen-bond acceptors (Lipinski definition) is 2. The van der Waals surface area contributed by atoms with Gasteiger partial charge in [0.2, 0.25) is 0 Å². The molecule has 2 rings (SSSR count). The summed E-state index contributed by atoms with van der Waals surface area (Å²) < 4.78 is 13.1. The van der Waals surface area contributed by atoms with Crippen molar-refractivity contribution in [2.75, 3.05) is 0 Å². The Morgan fingerprint density at radius 3 is 2.62 bits per heavy atom. The summed E-state index contributed by atoms with van der Waals surface area (Å²) in [6.07, 6.45) is 0. The zero-order valence-electron chi connectivity index (χ0n) is 6.37. The molecular weight excluding hydrogens is 239 g/mol. The van der Waals surface area contributed by atoms with E-state index in [1.807, 2.05) is 0 Å². The minimum absolute atomic E-state index is 0.174. The van der Waals surface area contributed by atoms with E-state index >= 15 is 0 Å². The summed E-state index contributed by atoms with van der Waals surface area (Å²) >= 11 is 3.07. The van der Waals surface area contributed by atoms with E-state index in [2.05, 4.69) is 21.0 Å². The molecule has 0 aliphatic heterocycles. The molecule has 0 aliphatic carbocycles. The van der Waals surface area contributed by atoms with Crippen molar-refractivity contribution in [3.05, 3.63) is 39.2 Å². The number of halogens is 2. The van der Waals surface area contributed by atoms with E-state index in [-0.39, 0.29) is 4.90 Å². The fraction of sp³-hybridized carbons (Fsp3) is 0. The number of hydrogen-bond donors (Lipinski definition) is 0. The number of nitrogens with zero attached hydrogens (tertiary/aromatic N) is 2. The topological polar surface area (TPSA) is 34.9 Å². The van der Waals surface area contributed by atoms with Gasteiger partial charge in [-0.3, -0.25) is 4.79 Å². The Morgan fingerprint density at radius 2 is 1.92 bits per heavy atom. The van der Waals surface area contributed by atoms with Gasteiger partial charge in [-0.15, -0.1) is 5.10 Å². The van der Waals surface area contributed by atoms with E-state index in [9.17, 15) is 9.28 Å². The summed E-state index contributed by atoms with van der Waals surface area (Å²) in [6, 6.07) is 6.70. The summed E-state index contributed by atoms with van der Waals surface area (Å²) in [4.78, 5) is 11.0. The third-order valence-electron chi connectivity index (χ3n) is 1.72. The smallest absolute Gasteiger partial charge is 0.264 e. The lowest BCUT2D eigenvalue weighted by molar-refractivity contribution is 0.296. The van der Waals surface area contributed by atoms with Crippen molar-refractivity contribution in [1.29, 1.82) is 0 Å². The summed E-state index contributed by atoms with van der Waals surface area (Å²) in [5.41, 5.74) is -0.737. The molecule has 1 aromatic carbocycles. The maximum absolute atomic E-state index is 12.8. The largest absolute Gasteiger partial charge is 0.305 e. The van der Waals surface area contributed by atoms with Gasteiger partial charge in [0.1, 0.15) is 4.60 Å². The van der Waals surface area contributed by atoms with E-state index in [1.54, 1.807) is 24.3 Å².